The summed E-state index contributed by atoms with van der Waals surface area (Å²) in [5.74, 6) is -1.11. The molecular formula is C13H13Cl2N3O2. The number of hydrogen-bond acceptors (Lipinski definition) is 3. The maximum absolute atomic E-state index is 11.3. The Labute approximate surface area is 126 Å². The first-order valence-electron chi connectivity index (χ1n) is 5.86. The summed E-state index contributed by atoms with van der Waals surface area (Å²) >= 11 is 11.9. The number of nitrogens with zero attached hydrogens (tertiary/aromatic N) is 3. The number of carbonyl (C=O) groups is 1. The lowest BCUT2D eigenvalue weighted by Gasteiger charge is -2.20. The Bertz CT molecular complexity index is 675. The van der Waals surface area contributed by atoms with Gasteiger partial charge in [-0.1, -0.05) is 49.2 Å². The molecule has 0 radical (unpaired) electrons. The number of carboxylic acids is 1. The van der Waals surface area contributed by atoms with Gasteiger partial charge in [0.25, 0.3) is 0 Å². The molecule has 20 heavy (non-hydrogen) atoms. The van der Waals surface area contributed by atoms with Crippen molar-refractivity contribution in [1.82, 2.24) is 15.0 Å². The van der Waals surface area contributed by atoms with Crippen LogP contribution < -0.4 is 0 Å². The van der Waals surface area contributed by atoms with Crippen LogP contribution in [0.5, 0.6) is 0 Å². The quantitative estimate of drug-likeness (QED) is 0.920. The van der Waals surface area contributed by atoms with Gasteiger partial charge in [-0.3, -0.25) is 0 Å². The van der Waals surface area contributed by atoms with E-state index in [1.54, 1.807) is 18.2 Å². The minimum atomic E-state index is -1.11. The molecule has 0 fully saturated rings. The van der Waals surface area contributed by atoms with Crippen molar-refractivity contribution in [2.75, 3.05) is 0 Å². The van der Waals surface area contributed by atoms with Crippen LogP contribution in [-0.4, -0.2) is 26.1 Å². The Morgan fingerprint density at radius 2 is 1.90 bits per heavy atom. The van der Waals surface area contributed by atoms with E-state index in [-0.39, 0.29) is 5.69 Å². The van der Waals surface area contributed by atoms with Crippen LogP contribution >= 0.6 is 23.2 Å². The van der Waals surface area contributed by atoms with E-state index in [2.05, 4.69) is 10.3 Å². The fourth-order valence-corrected chi connectivity index (χ4v) is 2.19. The summed E-state index contributed by atoms with van der Waals surface area (Å²) in [6.07, 6.45) is 0. The lowest BCUT2D eigenvalue weighted by Crippen LogP contribution is -2.21. The Kier molecular flexibility index (Phi) is 3.75. The predicted octanol–water partition coefficient (Wildman–Crippen LogP) is 3.57. The van der Waals surface area contributed by atoms with E-state index < -0.39 is 11.4 Å². The average Bonchev–Trinajstić information content (AvgIpc) is 2.77. The molecule has 0 saturated carbocycles. The number of aromatic carboxylic acids is 1. The molecule has 2 rings (SSSR count). The third-order valence-electron chi connectivity index (χ3n) is 2.73. The SMILES string of the molecule is CC(C)(C)c1c(C(=O)O)nnn1-c1ccc(Cl)c(Cl)c1. The molecule has 0 spiro atoms. The van der Waals surface area contributed by atoms with E-state index in [9.17, 15) is 9.90 Å². The molecule has 0 atom stereocenters. The lowest BCUT2D eigenvalue weighted by molar-refractivity contribution is 0.0687. The normalized spacial score (nSPS) is 11.7. The summed E-state index contributed by atoms with van der Waals surface area (Å²) in [6, 6.07) is 4.97. The van der Waals surface area contributed by atoms with Gasteiger partial charge in [0.2, 0.25) is 0 Å². The van der Waals surface area contributed by atoms with Gasteiger partial charge in [-0.2, -0.15) is 0 Å². The highest BCUT2D eigenvalue weighted by Crippen LogP contribution is 2.29. The molecule has 0 amide bonds. The smallest absolute Gasteiger partial charge is 0.358 e. The summed E-state index contributed by atoms with van der Waals surface area (Å²) in [6.45, 7) is 5.68. The summed E-state index contributed by atoms with van der Waals surface area (Å²) < 4.78 is 1.48. The first-order valence-corrected chi connectivity index (χ1v) is 6.62. The Balaban J connectivity index is 2.68. The third-order valence-corrected chi connectivity index (χ3v) is 3.47. The van der Waals surface area contributed by atoms with E-state index in [4.69, 9.17) is 23.2 Å². The number of rotatable bonds is 2. The van der Waals surface area contributed by atoms with E-state index in [0.717, 1.165) is 0 Å². The van der Waals surface area contributed by atoms with Crippen LogP contribution in [-0.2, 0) is 5.41 Å². The molecule has 1 N–H and O–H groups in total. The molecule has 0 aliphatic heterocycles. The van der Waals surface area contributed by atoms with Crippen molar-refractivity contribution >= 4 is 29.2 Å². The number of aromatic nitrogens is 3. The standard InChI is InChI=1S/C13H13Cl2N3O2/c1-13(2,3)11-10(12(19)20)16-17-18(11)7-4-5-8(14)9(15)6-7/h4-6H,1-3H3,(H,19,20). The van der Waals surface area contributed by atoms with Crippen molar-refractivity contribution in [2.24, 2.45) is 0 Å². The van der Waals surface area contributed by atoms with E-state index in [1.165, 1.54) is 4.68 Å². The second-order valence-corrected chi connectivity index (χ2v) is 6.17. The number of benzene rings is 1. The van der Waals surface area contributed by atoms with E-state index in [1.807, 2.05) is 20.8 Å². The van der Waals surface area contributed by atoms with Gasteiger partial charge in [-0.25, -0.2) is 9.48 Å². The van der Waals surface area contributed by atoms with E-state index in [0.29, 0.717) is 21.4 Å². The average molecular weight is 314 g/mol. The van der Waals surface area contributed by atoms with Gasteiger partial charge >= 0.3 is 5.97 Å². The molecule has 106 valence electrons. The first-order chi connectivity index (χ1) is 9.21. The van der Waals surface area contributed by atoms with Crippen LogP contribution in [0.25, 0.3) is 5.69 Å². The Morgan fingerprint density at radius 1 is 1.25 bits per heavy atom. The Morgan fingerprint density at radius 3 is 2.40 bits per heavy atom. The van der Waals surface area contributed by atoms with Crippen LogP contribution in [0.2, 0.25) is 10.0 Å². The van der Waals surface area contributed by atoms with Gasteiger partial charge in [-0.05, 0) is 18.2 Å². The summed E-state index contributed by atoms with van der Waals surface area (Å²) in [5.41, 5.74) is 0.611. The number of halogens is 2. The van der Waals surface area contributed by atoms with Crippen molar-refractivity contribution in [1.29, 1.82) is 0 Å². The number of hydrogen-bond donors (Lipinski definition) is 1. The molecule has 0 bridgehead atoms. The van der Waals surface area contributed by atoms with Crippen LogP contribution in [0.3, 0.4) is 0 Å². The van der Waals surface area contributed by atoms with Crippen LogP contribution in [0, 0.1) is 0 Å². The zero-order valence-electron chi connectivity index (χ0n) is 11.2. The second-order valence-electron chi connectivity index (χ2n) is 5.35. The van der Waals surface area contributed by atoms with Crippen molar-refractivity contribution < 1.29 is 9.90 Å². The minimum absolute atomic E-state index is 0.0661. The monoisotopic (exact) mass is 313 g/mol. The topological polar surface area (TPSA) is 68.0 Å². The fourth-order valence-electron chi connectivity index (χ4n) is 1.90. The molecule has 0 unspecified atom stereocenters. The van der Waals surface area contributed by atoms with E-state index >= 15 is 0 Å². The van der Waals surface area contributed by atoms with Gasteiger partial charge in [0.05, 0.1) is 21.4 Å². The third kappa shape index (κ3) is 2.64. The highest BCUT2D eigenvalue weighted by Gasteiger charge is 2.29. The zero-order valence-corrected chi connectivity index (χ0v) is 12.7. The lowest BCUT2D eigenvalue weighted by atomic mass is 9.90. The maximum Gasteiger partial charge on any atom is 0.358 e. The minimum Gasteiger partial charge on any atom is -0.476 e. The van der Waals surface area contributed by atoms with Crippen LogP contribution in [0.1, 0.15) is 37.0 Å². The second kappa shape index (κ2) is 5.07. The van der Waals surface area contributed by atoms with Gasteiger partial charge in [-0.15, -0.1) is 5.10 Å². The molecule has 1 aromatic heterocycles. The van der Waals surface area contributed by atoms with Gasteiger partial charge in [0, 0.05) is 5.41 Å². The van der Waals surface area contributed by atoms with Crippen molar-refractivity contribution in [3.05, 3.63) is 39.6 Å². The zero-order chi connectivity index (χ0) is 15.1. The Hall–Kier alpha value is -1.59. The van der Waals surface area contributed by atoms with Crippen LogP contribution in [0.15, 0.2) is 18.2 Å². The van der Waals surface area contributed by atoms with Crippen molar-refractivity contribution in [3.63, 3.8) is 0 Å². The molecule has 0 saturated heterocycles. The summed E-state index contributed by atoms with van der Waals surface area (Å²) in [7, 11) is 0. The molecule has 1 aromatic carbocycles. The molecule has 0 aliphatic carbocycles. The predicted molar refractivity (Wildman–Crippen MR) is 77.0 cm³/mol. The molecule has 2 aromatic rings. The van der Waals surface area contributed by atoms with Crippen LogP contribution in [0.4, 0.5) is 0 Å². The molecule has 7 heteroatoms. The van der Waals surface area contributed by atoms with Gasteiger partial charge in [0.1, 0.15) is 0 Å². The maximum atomic E-state index is 11.3. The molecular weight excluding hydrogens is 301 g/mol. The molecule has 1 heterocycles. The highest BCUT2D eigenvalue weighted by atomic mass is 35.5. The fraction of sp³-hybridized carbons (Fsp3) is 0.308. The highest BCUT2D eigenvalue weighted by molar-refractivity contribution is 6.42. The van der Waals surface area contributed by atoms with Gasteiger partial charge < -0.3 is 5.11 Å². The van der Waals surface area contributed by atoms with Crippen molar-refractivity contribution in [3.8, 4) is 5.69 Å². The first kappa shape index (κ1) is 14.8. The summed E-state index contributed by atoms with van der Waals surface area (Å²) in [4.78, 5) is 11.3. The molecule has 5 nitrogen and oxygen atoms in total. The van der Waals surface area contributed by atoms with Gasteiger partial charge in [0.15, 0.2) is 5.69 Å². The largest absolute Gasteiger partial charge is 0.476 e. The van der Waals surface area contributed by atoms with Crippen molar-refractivity contribution in [2.45, 2.75) is 26.2 Å². The summed E-state index contributed by atoms with van der Waals surface area (Å²) in [5, 5.41) is 17.7. The molecule has 0 aliphatic rings. The number of carboxylic acid groups (broad SMARTS) is 1.